The maximum absolute atomic E-state index is 6.29. The van der Waals surface area contributed by atoms with E-state index in [-0.39, 0.29) is 11.5 Å². The van der Waals surface area contributed by atoms with Gasteiger partial charge in [0.1, 0.15) is 0 Å². The zero-order chi connectivity index (χ0) is 16.9. The predicted octanol–water partition coefficient (Wildman–Crippen LogP) is 5.83. The summed E-state index contributed by atoms with van der Waals surface area (Å²) in [4.78, 5) is 0. The summed E-state index contributed by atoms with van der Waals surface area (Å²) in [5.74, 6) is 0.537. The summed E-state index contributed by atoms with van der Waals surface area (Å²) < 4.78 is 7.24. The van der Waals surface area contributed by atoms with Crippen molar-refractivity contribution in [3.63, 3.8) is 0 Å². The normalized spacial score (nSPS) is 32.6. The molecule has 1 aromatic carbocycles. The maximum Gasteiger partial charge on any atom is 0.0893 e. The molecule has 1 unspecified atom stereocenters. The molecule has 0 aliphatic carbocycles. The maximum atomic E-state index is 6.29. The number of halogens is 1. The average Bonchev–Trinajstić information content (AvgIpc) is 2.99. The van der Waals surface area contributed by atoms with Crippen molar-refractivity contribution in [3.05, 3.63) is 39.8 Å². The highest BCUT2D eigenvalue weighted by atomic mass is 35.5. The van der Waals surface area contributed by atoms with Crippen LogP contribution in [0.4, 0.5) is 5.69 Å². The van der Waals surface area contributed by atoms with Gasteiger partial charge in [-0.3, -0.25) is 0 Å². The first kappa shape index (κ1) is 16.8. The smallest absolute Gasteiger partial charge is 0.0893 e. The van der Waals surface area contributed by atoms with Gasteiger partial charge in [-0.15, -0.1) is 11.8 Å². The van der Waals surface area contributed by atoms with Crippen LogP contribution in [-0.4, -0.2) is 17.9 Å². The number of rotatable bonds is 1. The number of hydrogen-bond acceptors (Lipinski definition) is 3. The van der Waals surface area contributed by atoms with E-state index >= 15 is 0 Å². The Morgan fingerprint density at radius 3 is 2.83 bits per heavy atom. The van der Waals surface area contributed by atoms with Gasteiger partial charge in [0.05, 0.1) is 10.5 Å². The molecule has 1 saturated heterocycles. The largest absolute Gasteiger partial charge is 0.380 e. The molecule has 1 aromatic rings. The van der Waals surface area contributed by atoms with E-state index in [1.807, 2.05) is 11.8 Å². The van der Waals surface area contributed by atoms with Crippen LogP contribution in [0.5, 0.6) is 0 Å². The fraction of sp³-hybridized carbons (Fsp3) is 0.600. The second-order valence-corrected chi connectivity index (χ2v) is 10.1. The molecule has 24 heavy (non-hydrogen) atoms. The molecule has 0 spiro atoms. The number of ether oxygens (including phenoxy) is 1. The monoisotopic (exact) mass is 363 g/mol. The van der Waals surface area contributed by atoms with E-state index in [2.05, 4.69) is 50.4 Å². The molecule has 1 fully saturated rings. The molecule has 3 heterocycles. The van der Waals surface area contributed by atoms with Gasteiger partial charge in [0.15, 0.2) is 0 Å². The molecule has 0 aromatic heterocycles. The van der Waals surface area contributed by atoms with Crippen molar-refractivity contribution < 1.29 is 4.74 Å². The van der Waals surface area contributed by atoms with Crippen LogP contribution in [0, 0.1) is 5.92 Å². The van der Waals surface area contributed by atoms with Crippen LogP contribution in [0.2, 0.25) is 0 Å². The number of hydrogen-bond donors (Lipinski definition) is 1. The van der Waals surface area contributed by atoms with Crippen LogP contribution >= 0.6 is 23.4 Å². The summed E-state index contributed by atoms with van der Waals surface area (Å²) in [7, 11) is 0. The molecular weight excluding hydrogens is 338 g/mol. The lowest BCUT2D eigenvalue weighted by Gasteiger charge is -2.45. The van der Waals surface area contributed by atoms with Gasteiger partial charge in [0, 0.05) is 35.1 Å². The molecule has 130 valence electrons. The van der Waals surface area contributed by atoms with Gasteiger partial charge in [-0.1, -0.05) is 50.6 Å². The van der Waals surface area contributed by atoms with E-state index < -0.39 is 0 Å². The third-order valence-corrected chi connectivity index (χ3v) is 7.15. The number of fused-ring (bicyclic) bond motifs is 3. The molecule has 3 aliphatic heterocycles. The molecule has 3 aliphatic rings. The van der Waals surface area contributed by atoms with Gasteiger partial charge in [-0.2, -0.15) is 0 Å². The lowest BCUT2D eigenvalue weighted by atomic mass is 9.76. The molecule has 0 amide bonds. The summed E-state index contributed by atoms with van der Waals surface area (Å²) in [6.45, 7) is 7.70. The minimum atomic E-state index is 0.161. The molecule has 0 saturated carbocycles. The molecule has 1 N–H and O–H groups in total. The second kappa shape index (κ2) is 6.26. The van der Waals surface area contributed by atoms with Crippen molar-refractivity contribution in [2.75, 3.05) is 11.9 Å². The highest BCUT2D eigenvalue weighted by molar-refractivity contribution is 8.05. The van der Waals surface area contributed by atoms with Crippen molar-refractivity contribution in [2.24, 2.45) is 5.92 Å². The van der Waals surface area contributed by atoms with Crippen LogP contribution in [-0.2, 0) is 10.2 Å². The minimum absolute atomic E-state index is 0.161. The van der Waals surface area contributed by atoms with Crippen molar-refractivity contribution in [1.29, 1.82) is 0 Å². The van der Waals surface area contributed by atoms with Crippen LogP contribution in [0.15, 0.2) is 28.6 Å². The van der Waals surface area contributed by atoms with E-state index in [9.17, 15) is 0 Å². The van der Waals surface area contributed by atoms with Gasteiger partial charge in [-0.05, 0) is 36.3 Å². The molecule has 2 nitrogen and oxygen atoms in total. The number of benzene rings is 1. The van der Waals surface area contributed by atoms with Crippen molar-refractivity contribution in [2.45, 2.75) is 62.8 Å². The van der Waals surface area contributed by atoms with Crippen molar-refractivity contribution in [1.82, 2.24) is 0 Å². The Bertz CT molecular complexity index is 666. The summed E-state index contributed by atoms with van der Waals surface area (Å²) >= 11 is 8.06. The van der Waals surface area contributed by atoms with E-state index in [1.165, 1.54) is 23.2 Å². The van der Waals surface area contributed by atoms with Gasteiger partial charge in [0.2, 0.25) is 0 Å². The van der Waals surface area contributed by atoms with E-state index in [4.69, 9.17) is 16.3 Å². The topological polar surface area (TPSA) is 21.3 Å². The third-order valence-electron chi connectivity index (χ3n) is 5.55. The molecule has 0 radical (unpaired) electrons. The number of anilines is 1. The second-order valence-electron chi connectivity index (χ2n) is 8.22. The lowest BCUT2D eigenvalue weighted by Crippen LogP contribution is -2.46. The molecule has 4 heteroatoms. The van der Waals surface area contributed by atoms with Gasteiger partial charge >= 0.3 is 0 Å². The summed E-state index contributed by atoms with van der Waals surface area (Å²) in [6, 6.07) is 7.32. The Kier molecular flexibility index (Phi) is 4.39. The molecule has 0 bridgehead atoms. The Balaban J connectivity index is 1.69. The summed E-state index contributed by atoms with van der Waals surface area (Å²) in [5.41, 5.74) is 4.15. The van der Waals surface area contributed by atoms with Crippen LogP contribution in [0.1, 0.15) is 57.3 Å². The first-order chi connectivity index (χ1) is 11.4. The fourth-order valence-electron chi connectivity index (χ4n) is 4.21. The van der Waals surface area contributed by atoms with E-state index in [0.717, 1.165) is 23.8 Å². The Hall–Kier alpha value is -0.640. The number of allylic oxidation sites excluding steroid dienone is 1. The Morgan fingerprint density at radius 1 is 1.29 bits per heavy atom. The van der Waals surface area contributed by atoms with E-state index in [0.29, 0.717) is 17.2 Å². The average molecular weight is 364 g/mol. The molecule has 4 rings (SSSR count). The molecule has 4 atom stereocenters. The van der Waals surface area contributed by atoms with Gasteiger partial charge in [0.25, 0.3) is 0 Å². The SMILES string of the molecule is CC(C)(C)c1ccc2c(c1)[C@H]1OCCC[C@H]1C([C@H]1CC=C(Cl)S1)N2. The first-order valence-corrected chi connectivity index (χ1v) is 10.2. The zero-order valence-corrected chi connectivity index (χ0v) is 16.2. The first-order valence-electron chi connectivity index (χ1n) is 8.98. The van der Waals surface area contributed by atoms with E-state index in [1.54, 1.807) is 0 Å². The summed E-state index contributed by atoms with van der Waals surface area (Å²) in [6.07, 6.45) is 5.83. The highest BCUT2D eigenvalue weighted by Gasteiger charge is 2.43. The zero-order valence-electron chi connectivity index (χ0n) is 14.6. The standard InChI is InChI=1S/C20H26ClNOS/c1-20(2,3)12-6-7-15-14(11-12)19-13(5-4-10-23-19)18(22-15)16-8-9-17(21)24-16/h6-7,9,11,13,16,18-19,22H,4-5,8,10H2,1-3H3/t13-,16+,18?,19-/m0/s1. The third kappa shape index (κ3) is 3.00. The molecular formula is C20H26ClNOS. The summed E-state index contributed by atoms with van der Waals surface area (Å²) in [5, 5.41) is 4.36. The van der Waals surface area contributed by atoms with Crippen LogP contribution in [0.25, 0.3) is 0 Å². The van der Waals surface area contributed by atoms with Crippen molar-refractivity contribution >= 4 is 29.1 Å². The fourth-order valence-corrected chi connectivity index (χ4v) is 5.74. The van der Waals surface area contributed by atoms with Crippen LogP contribution in [0.3, 0.4) is 0 Å². The highest BCUT2D eigenvalue weighted by Crippen LogP contribution is 2.49. The Labute approximate surface area is 154 Å². The Morgan fingerprint density at radius 2 is 2.12 bits per heavy atom. The minimum Gasteiger partial charge on any atom is -0.380 e. The van der Waals surface area contributed by atoms with Crippen molar-refractivity contribution in [3.8, 4) is 0 Å². The number of thioether (sulfide) groups is 1. The number of nitrogens with one attached hydrogen (secondary N) is 1. The van der Waals surface area contributed by atoms with Gasteiger partial charge in [-0.25, -0.2) is 0 Å². The predicted molar refractivity (Wildman–Crippen MR) is 104 cm³/mol. The quantitative estimate of drug-likeness (QED) is 0.678. The van der Waals surface area contributed by atoms with Crippen LogP contribution < -0.4 is 5.32 Å². The lowest BCUT2D eigenvalue weighted by molar-refractivity contribution is -0.0377. The van der Waals surface area contributed by atoms with Gasteiger partial charge < -0.3 is 10.1 Å².